The van der Waals surface area contributed by atoms with Crippen LogP contribution in [-0.4, -0.2) is 48.6 Å². The van der Waals surface area contributed by atoms with Gasteiger partial charge in [0.05, 0.1) is 0 Å². The Balaban J connectivity index is 3.77. The van der Waals surface area contributed by atoms with Gasteiger partial charge in [-0.15, -0.1) is 0 Å². The molecule has 0 heterocycles. The second kappa shape index (κ2) is 11.5. The Morgan fingerprint density at radius 2 is 1.43 bits per heavy atom. The third-order valence-electron chi connectivity index (χ3n) is 3.65. The van der Waals surface area contributed by atoms with E-state index in [-0.39, 0.29) is 10.7 Å². The highest BCUT2D eigenvalue weighted by molar-refractivity contribution is 7.98. The minimum Gasteiger partial charge on any atom is -0.377 e. The molecule has 0 bridgehead atoms. The molecule has 0 rings (SSSR count). The molecule has 23 heavy (non-hydrogen) atoms. The first-order chi connectivity index (χ1) is 10.6. The van der Waals surface area contributed by atoms with Gasteiger partial charge in [0.15, 0.2) is 0 Å². The van der Waals surface area contributed by atoms with Crippen LogP contribution in [0.5, 0.6) is 0 Å². The first-order valence-corrected chi connectivity index (χ1v) is 10.7. The van der Waals surface area contributed by atoms with Crippen LogP contribution < -0.4 is 0 Å². The summed E-state index contributed by atoms with van der Waals surface area (Å²) in [5.74, 6) is 1.19. The molecule has 0 aliphatic rings. The Labute approximate surface area is 141 Å². The van der Waals surface area contributed by atoms with Crippen molar-refractivity contribution in [2.24, 2.45) is 0 Å². The largest absolute Gasteiger partial charge is 0.511 e. The Bertz CT molecular complexity index is 403. The number of nitrogens with zero attached hydrogens (tertiary/aromatic N) is 1. The van der Waals surface area contributed by atoms with Gasteiger partial charge < -0.3 is 5.11 Å². The van der Waals surface area contributed by atoms with Crippen LogP contribution in [0.25, 0.3) is 0 Å². The lowest BCUT2D eigenvalue weighted by Gasteiger charge is -2.23. The SMILES string of the molecule is CSCCCCCCCCCCC(O)N(C)S(=O)(=O)C(F)(F)F. The minimum absolute atomic E-state index is 0.00125. The van der Waals surface area contributed by atoms with Crippen molar-refractivity contribution in [3.63, 3.8) is 0 Å². The quantitative estimate of drug-likeness (QED) is 0.389. The standard InChI is InChI=1S/C14H28F3NO3S2/c1-18(23(20,21)14(15,16)17)13(19)11-9-7-5-3-4-6-8-10-12-22-2/h13,19H,3-12H2,1-2H3. The summed E-state index contributed by atoms with van der Waals surface area (Å²) in [6, 6.07) is 0. The predicted molar refractivity (Wildman–Crippen MR) is 88.7 cm³/mol. The molecular weight excluding hydrogens is 351 g/mol. The van der Waals surface area contributed by atoms with E-state index in [0.29, 0.717) is 6.42 Å². The van der Waals surface area contributed by atoms with E-state index in [9.17, 15) is 26.7 Å². The molecule has 0 fully saturated rings. The summed E-state index contributed by atoms with van der Waals surface area (Å²) < 4.78 is 59.3. The number of aliphatic hydroxyl groups is 1. The van der Waals surface area contributed by atoms with Crippen molar-refractivity contribution in [1.29, 1.82) is 0 Å². The molecule has 0 aromatic rings. The molecule has 0 radical (unpaired) electrons. The lowest BCUT2D eigenvalue weighted by Crippen LogP contribution is -2.44. The molecule has 0 aromatic carbocycles. The van der Waals surface area contributed by atoms with Gasteiger partial charge in [-0.3, -0.25) is 0 Å². The van der Waals surface area contributed by atoms with Crippen LogP contribution >= 0.6 is 11.8 Å². The van der Waals surface area contributed by atoms with E-state index in [1.165, 1.54) is 25.0 Å². The monoisotopic (exact) mass is 379 g/mol. The van der Waals surface area contributed by atoms with E-state index in [1.54, 1.807) is 0 Å². The molecule has 0 spiro atoms. The molecular formula is C14H28F3NO3S2. The number of aliphatic hydroxyl groups excluding tert-OH is 1. The van der Waals surface area contributed by atoms with Crippen molar-refractivity contribution in [2.45, 2.75) is 69.5 Å². The van der Waals surface area contributed by atoms with E-state index in [1.807, 2.05) is 11.8 Å². The summed E-state index contributed by atoms with van der Waals surface area (Å²) in [6.07, 6.45) is 8.55. The summed E-state index contributed by atoms with van der Waals surface area (Å²) in [6.45, 7) is 0. The highest BCUT2D eigenvalue weighted by Gasteiger charge is 2.50. The van der Waals surface area contributed by atoms with Gasteiger partial charge in [0, 0.05) is 7.05 Å². The topological polar surface area (TPSA) is 57.6 Å². The van der Waals surface area contributed by atoms with Gasteiger partial charge >= 0.3 is 15.5 Å². The lowest BCUT2D eigenvalue weighted by molar-refractivity contribution is -0.0550. The number of sulfonamides is 1. The maximum atomic E-state index is 12.3. The van der Waals surface area contributed by atoms with Crippen LogP contribution in [0, 0.1) is 0 Å². The third kappa shape index (κ3) is 9.16. The Hall–Kier alpha value is 0.01000. The molecule has 0 amide bonds. The van der Waals surface area contributed by atoms with Crippen molar-refractivity contribution < 1.29 is 26.7 Å². The maximum Gasteiger partial charge on any atom is 0.511 e. The number of hydrogen-bond donors (Lipinski definition) is 1. The summed E-state index contributed by atoms with van der Waals surface area (Å²) in [7, 11) is -4.70. The van der Waals surface area contributed by atoms with Crippen LogP contribution in [0.15, 0.2) is 0 Å². The molecule has 1 atom stereocenters. The predicted octanol–water partition coefficient (Wildman–Crippen LogP) is 3.96. The van der Waals surface area contributed by atoms with E-state index in [4.69, 9.17) is 0 Å². The van der Waals surface area contributed by atoms with Gasteiger partial charge in [0.1, 0.15) is 6.23 Å². The fourth-order valence-corrected chi connectivity index (χ4v) is 3.38. The average molecular weight is 380 g/mol. The zero-order chi connectivity index (χ0) is 17.9. The molecule has 4 nitrogen and oxygen atoms in total. The minimum atomic E-state index is -5.46. The van der Waals surface area contributed by atoms with E-state index < -0.39 is 21.8 Å². The first-order valence-electron chi connectivity index (χ1n) is 7.86. The van der Waals surface area contributed by atoms with Crippen molar-refractivity contribution in [3.05, 3.63) is 0 Å². The van der Waals surface area contributed by atoms with Crippen molar-refractivity contribution in [2.75, 3.05) is 19.1 Å². The van der Waals surface area contributed by atoms with Gasteiger partial charge in [0.2, 0.25) is 0 Å². The molecule has 0 saturated carbocycles. The highest BCUT2D eigenvalue weighted by atomic mass is 32.2. The van der Waals surface area contributed by atoms with Crippen molar-refractivity contribution in [3.8, 4) is 0 Å². The van der Waals surface area contributed by atoms with E-state index in [0.717, 1.165) is 32.7 Å². The van der Waals surface area contributed by atoms with Gasteiger partial charge in [-0.25, -0.2) is 8.42 Å². The smallest absolute Gasteiger partial charge is 0.377 e. The number of unbranched alkanes of at least 4 members (excludes halogenated alkanes) is 7. The van der Waals surface area contributed by atoms with Crippen LogP contribution in [0.3, 0.4) is 0 Å². The highest BCUT2D eigenvalue weighted by Crippen LogP contribution is 2.27. The summed E-state index contributed by atoms with van der Waals surface area (Å²) >= 11 is 1.84. The first kappa shape index (κ1) is 23.0. The maximum absolute atomic E-state index is 12.3. The summed E-state index contributed by atoms with van der Waals surface area (Å²) in [4.78, 5) is 0. The zero-order valence-electron chi connectivity index (χ0n) is 13.8. The van der Waals surface area contributed by atoms with Gasteiger partial charge in [0.25, 0.3) is 0 Å². The van der Waals surface area contributed by atoms with Crippen LogP contribution in [0.4, 0.5) is 13.2 Å². The number of hydrogen-bond acceptors (Lipinski definition) is 4. The van der Waals surface area contributed by atoms with E-state index in [2.05, 4.69) is 6.26 Å². The number of thioether (sulfide) groups is 1. The Kier molecular flexibility index (Phi) is 11.5. The van der Waals surface area contributed by atoms with Gasteiger partial charge in [-0.05, 0) is 31.3 Å². The van der Waals surface area contributed by atoms with Crippen molar-refractivity contribution >= 4 is 21.8 Å². The molecule has 0 saturated heterocycles. The van der Waals surface area contributed by atoms with Crippen molar-refractivity contribution in [1.82, 2.24) is 4.31 Å². The zero-order valence-corrected chi connectivity index (χ0v) is 15.4. The van der Waals surface area contributed by atoms with Crippen LogP contribution in [0.1, 0.15) is 57.8 Å². The molecule has 0 aliphatic carbocycles. The number of halogens is 3. The lowest BCUT2D eigenvalue weighted by atomic mass is 10.1. The van der Waals surface area contributed by atoms with Gasteiger partial charge in [-0.2, -0.15) is 29.2 Å². The Morgan fingerprint density at radius 1 is 1.00 bits per heavy atom. The normalized spacial score (nSPS) is 14.4. The summed E-state index contributed by atoms with van der Waals surface area (Å²) in [5.41, 5.74) is -5.38. The fourth-order valence-electron chi connectivity index (χ4n) is 2.14. The molecule has 1 unspecified atom stereocenters. The number of rotatable bonds is 13. The number of alkyl halides is 3. The third-order valence-corrected chi connectivity index (χ3v) is 5.94. The fraction of sp³-hybridized carbons (Fsp3) is 1.00. The second-order valence-corrected chi connectivity index (χ2v) is 8.53. The molecule has 0 aliphatic heterocycles. The second-order valence-electron chi connectivity index (χ2n) is 5.56. The molecule has 0 aromatic heterocycles. The molecule has 140 valence electrons. The summed E-state index contributed by atoms with van der Waals surface area (Å²) in [5, 5.41) is 9.58. The van der Waals surface area contributed by atoms with Crippen LogP contribution in [0.2, 0.25) is 0 Å². The molecule has 9 heteroatoms. The average Bonchev–Trinajstić information content (AvgIpc) is 2.46. The molecule has 1 N–H and O–H groups in total. The van der Waals surface area contributed by atoms with E-state index >= 15 is 0 Å². The van der Waals surface area contributed by atoms with Gasteiger partial charge in [-0.1, -0.05) is 38.5 Å². The van der Waals surface area contributed by atoms with Crippen LogP contribution in [-0.2, 0) is 10.0 Å². The Morgan fingerprint density at radius 3 is 1.87 bits per heavy atom.